The van der Waals surface area contributed by atoms with Crippen LogP contribution in [0.15, 0.2) is 29.2 Å². The molecule has 1 saturated heterocycles. The molecule has 2 rings (SSSR count). The summed E-state index contributed by atoms with van der Waals surface area (Å²) >= 11 is 0. The number of carbonyl (C=O) groups is 1. The number of hydrogen-bond donors (Lipinski definition) is 1. The van der Waals surface area contributed by atoms with Gasteiger partial charge in [-0.3, -0.25) is 4.79 Å². The highest BCUT2D eigenvalue weighted by Gasteiger charge is 2.32. The van der Waals surface area contributed by atoms with Crippen molar-refractivity contribution in [2.24, 2.45) is 0 Å². The fourth-order valence-corrected chi connectivity index (χ4v) is 3.75. The molecule has 1 unspecified atom stereocenters. The van der Waals surface area contributed by atoms with Crippen molar-refractivity contribution in [1.82, 2.24) is 4.31 Å². The number of carboxylic acid groups (broad SMARTS) is 1. The monoisotopic (exact) mass is 310 g/mol. The Morgan fingerprint density at radius 1 is 1.48 bits per heavy atom. The van der Waals surface area contributed by atoms with E-state index in [9.17, 15) is 13.2 Å². The highest BCUT2D eigenvalue weighted by atomic mass is 32.2. The van der Waals surface area contributed by atoms with Gasteiger partial charge in [-0.15, -0.1) is 0 Å². The highest BCUT2D eigenvalue weighted by Crippen LogP contribution is 2.22. The lowest BCUT2D eigenvalue weighted by molar-refractivity contribution is -0.141. The van der Waals surface area contributed by atoms with Crippen LogP contribution >= 0.6 is 0 Å². The molecule has 1 fully saturated rings. The van der Waals surface area contributed by atoms with E-state index >= 15 is 0 Å². The molecule has 1 aromatic rings. The van der Waals surface area contributed by atoms with Crippen LogP contribution in [-0.2, 0) is 19.6 Å². The van der Waals surface area contributed by atoms with Crippen LogP contribution in [0.25, 0.3) is 0 Å². The van der Waals surface area contributed by atoms with Crippen molar-refractivity contribution in [3.8, 4) is 6.07 Å². The Balaban J connectivity index is 2.27. The number of ether oxygens (including phenoxy) is 1. The molecule has 1 N–H and O–H groups in total. The quantitative estimate of drug-likeness (QED) is 0.863. The Hall–Kier alpha value is -1.95. The molecule has 0 radical (unpaired) electrons. The topological polar surface area (TPSA) is 108 Å². The smallest absolute Gasteiger partial charge is 0.306 e. The van der Waals surface area contributed by atoms with Gasteiger partial charge in [0.25, 0.3) is 0 Å². The Morgan fingerprint density at radius 2 is 2.19 bits per heavy atom. The first kappa shape index (κ1) is 15.4. The normalized spacial score (nSPS) is 19.9. The largest absolute Gasteiger partial charge is 0.481 e. The van der Waals surface area contributed by atoms with Crippen molar-refractivity contribution < 1.29 is 23.1 Å². The second kappa shape index (κ2) is 6.22. The number of nitrogens with zero attached hydrogens (tertiary/aromatic N) is 2. The number of rotatable bonds is 4. The first-order valence-electron chi connectivity index (χ1n) is 6.28. The van der Waals surface area contributed by atoms with Gasteiger partial charge in [0.15, 0.2) is 0 Å². The highest BCUT2D eigenvalue weighted by molar-refractivity contribution is 7.89. The number of hydrogen-bond acceptors (Lipinski definition) is 5. The summed E-state index contributed by atoms with van der Waals surface area (Å²) < 4.78 is 31.6. The predicted octanol–water partition coefficient (Wildman–Crippen LogP) is 0.422. The van der Waals surface area contributed by atoms with E-state index in [1.54, 1.807) is 12.1 Å². The molecule has 0 amide bonds. The molecule has 0 aliphatic carbocycles. The van der Waals surface area contributed by atoms with Gasteiger partial charge in [0.2, 0.25) is 10.0 Å². The molecule has 1 aliphatic rings. The van der Waals surface area contributed by atoms with Crippen molar-refractivity contribution in [1.29, 1.82) is 5.26 Å². The van der Waals surface area contributed by atoms with Gasteiger partial charge >= 0.3 is 5.97 Å². The van der Waals surface area contributed by atoms with Crippen LogP contribution in [0.3, 0.4) is 0 Å². The first-order chi connectivity index (χ1) is 9.95. The van der Waals surface area contributed by atoms with E-state index in [4.69, 9.17) is 15.1 Å². The molecule has 1 aliphatic heterocycles. The van der Waals surface area contributed by atoms with Crippen LogP contribution in [0.1, 0.15) is 12.0 Å². The zero-order valence-corrected chi connectivity index (χ0v) is 11.9. The standard InChI is InChI=1S/C13H14N2O5S/c14-8-10-3-1-2-4-12(10)21(18,19)15-5-6-20-11(9-15)7-13(16)17/h1-4,11H,5-7,9H2,(H,16,17). The van der Waals surface area contributed by atoms with Crippen LogP contribution in [0.4, 0.5) is 0 Å². The van der Waals surface area contributed by atoms with Crippen molar-refractivity contribution in [3.05, 3.63) is 29.8 Å². The lowest BCUT2D eigenvalue weighted by atomic mass is 10.2. The fourth-order valence-electron chi connectivity index (χ4n) is 2.15. The number of benzene rings is 1. The summed E-state index contributed by atoms with van der Waals surface area (Å²) in [6, 6.07) is 7.79. The summed E-state index contributed by atoms with van der Waals surface area (Å²) in [5.41, 5.74) is 0.0683. The van der Waals surface area contributed by atoms with Crippen molar-refractivity contribution in [2.75, 3.05) is 19.7 Å². The summed E-state index contributed by atoms with van der Waals surface area (Å²) in [6.45, 7) is 0.235. The van der Waals surface area contributed by atoms with Gasteiger partial charge in [-0.25, -0.2) is 8.42 Å². The number of morpholine rings is 1. The molecule has 0 bridgehead atoms. The van der Waals surface area contributed by atoms with Gasteiger partial charge in [-0.05, 0) is 12.1 Å². The summed E-state index contributed by atoms with van der Waals surface area (Å²) in [5.74, 6) is -1.04. The molecule has 1 heterocycles. The van der Waals surface area contributed by atoms with E-state index in [2.05, 4.69) is 0 Å². The van der Waals surface area contributed by atoms with Gasteiger partial charge in [0.1, 0.15) is 6.07 Å². The minimum absolute atomic E-state index is 0.0333. The van der Waals surface area contributed by atoms with E-state index in [1.807, 2.05) is 6.07 Å². The molecule has 1 aromatic carbocycles. The number of aliphatic carboxylic acids is 1. The van der Waals surface area contributed by atoms with E-state index in [1.165, 1.54) is 16.4 Å². The van der Waals surface area contributed by atoms with Gasteiger partial charge in [-0.2, -0.15) is 9.57 Å². The average Bonchev–Trinajstić information content (AvgIpc) is 2.46. The maximum absolute atomic E-state index is 12.6. The Labute approximate surface area is 122 Å². The second-order valence-electron chi connectivity index (χ2n) is 4.56. The Bertz CT molecular complexity index is 680. The van der Waals surface area contributed by atoms with E-state index in [0.29, 0.717) is 0 Å². The van der Waals surface area contributed by atoms with Crippen LogP contribution in [-0.4, -0.2) is 49.6 Å². The third-order valence-corrected chi connectivity index (χ3v) is 5.05. The molecule has 0 saturated carbocycles. The lowest BCUT2D eigenvalue weighted by Gasteiger charge is -2.31. The molecule has 0 spiro atoms. The average molecular weight is 310 g/mol. The maximum atomic E-state index is 12.6. The molecular weight excluding hydrogens is 296 g/mol. The van der Waals surface area contributed by atoms with Crippen LogP contribution in [0.2, 0.25) is 0 Å². The number of carboxylic acids is 1. The van der Waals surface area contributed by atoms with Crippen molar-refractivity contribution in [3.63, 3.8) is 0 Å². The molecule has 112 valence electrons. The summed E-state index contributed by atoms with van der Waals surface area (Å²) in [6.07, 6.45) is -0.938. The summed E-state index contributed by atoms with van der Waals surface area (Å²) in [7, 11) is -3.84. The zero-order chi connectivity index (χ0) is 15.5. The van der Waals surface area contributed by atoms with E-state index in [-0.39, 0.29) is 36.6 Å². The van der Waals surface area contributed by atoms with Crippen molar-refractivity contribution >= 4 is 16.0 Å². The first-order valence-corrected chi connectivity index (χ1v) is 7.72. The molecule has 0 aromatic heterocycles. The van der Waals surface area contributed by atoms with Gasteiger partial charge in [0.05, 0.1) is 29.6 Å². The number of sulfonamides is 1. The molecule has 7 nitrogen and oxygen atoms in total. The van der Waals surface area contributed by atoms with Gasteiger partial charge in [-0.1, -0.05) is 12.1 Å². The van der Waals surface area contributed by atoms with Crippen LogP contribution in [0.5, 0.6) is 0 Å². The SMILES string of the molecule is N#Cc1ccccc1S(=O)(=O)N1CCOC(CC(=O)O)C1. The third kappa shape index (κ3) is 3.39. The fraction of sp³-hybridized carbons (Fsp3) is 0.385. The maximum Gasteiger partial charge on any atom is 0.306 e. The van der Waals surface area contributed by atoms with E-state index in [0.717, 1.165) is 0 Å². The summed E-state index contributed by atoms with van der Waals surface area (Å²) in [4.78, 5) is 10.6. The van der Waals surface area contributed by atoms with Crippen LogP contribution in [0, 0.1) is 11.3 Å². The third-order valence-electron chi connectivity index (χ3n) is 3.13. The number of nitriles is 1. The Kier molecular flexibility index (Phi) is 4.57. The predicted molar refractivity (Wildman–Crippen MR) is 71.9 cm³/mol. The van der Waals surface area contributed by atoms with E-state index < -0.39 is 22.1 Å². The molecular formula is C13H14N2O5S. The lowest BCUT2D eigenvalue weighted by Crippen LogP contribution is -2.46. The molecule has 21 heavy (non-hydrogen) atoms. The molecule has 8 heteroatoms. The van der Waals surface area contributed by atoms with Crippen LogP contribution < -0.4 is 0 Å². The molecule has 1 atom stereocenters. The van der Waals surface area contributed by atoms with Crippen molar-refractivity contribution in [2.45, 2.75) is 17.4 Å². The van der Waals surface area contributed by atoms with Gasteiger partial charge < -0.3 is 9.84 Å². The second-order valence-corrected chi connectivity index (χ2v) is 6.47. The minimum atomic E-state index is -3.84. The zero-order valence-electron chi connectivity index (χ0n) is 11.1. The summed E-state index contributed by atoms with van der Waals surface area (Å²) in [5, 5.41) is 17.8. The Morgan fingerprint density at radius 3 is 2.86 bits per heavy atom. The minimum Gasteiger partial charge on any atom is -0.481 e. The van der Waals surface area contributed by atoms with Gasteiger partial charge in [0, 0.05) is 13.1 Å².